The molecule has 0 spiro atoms. The first-order chi connectivity index (χ1) is 10.0. The highest BCUT2D eigenvalue weighted by Crippen LogP contribution is 2.32. The van der Waals surface area contributed by atoms with E-state index in [1.807, 2.05) is 0 Å². The van der Waals surface area contributed by atoms with Gasteiger partial charge in [-0.15, -0.1) is 0 Å². The Morgan fingerprint density at radius 2 is 2.24 bits per heavy atom. The van der Waals surface area contributed by atoms with Crippen LogP contribution in [-0.2, 0) is 6.61 Å². The Hall–Kier alpha value is -2.26. The van der Waals surface area contributed by atoms with E-state index in [9.17, 15) is 14.5 Å². The highest BCUT2D eigenvalue weighted by Gasteiger charge is 2.19. The minimum absolute atomic E-state index is 0.00555. The van der Waals surface area contributed by atoms with Crippen molar-refractivity contribution >= 4 is 27.4 Å². The Morgan fingerprint density at radius 1 is 1.48 bits per heavy atom. The topological polar surface area (TPSA) is 103 Å². The van der Waals surface area contributed by atoms with Crippen molar-refractivity contribution < 1.29 is 14.1 Å². The van der Waals surface area contributed by atoms with E-state index in [4.69, 9.17) is 10.6 Å². The van der Waals surface area contributed by atoms with E-state index in [1.54, 1.807) is 18.2 Å². The zero-order valence-electron chi connectivity index (χ0n) is 10.5. The van der Waals surface area contributed by atoms with E-state index in [0.717, 1.165) is 12.1 Å². The lowest BCUT2D eigenvalue weighted by atomic mass is 10.3. The van der Waals surface area contributed by atoms with Gasteiger partial charge in [-0.3, -0.25) is 10.1 Å². The number of hydrogen-bond acceptors (Lipinski definition) is 6. The number of nitro benzene ring substituents is 1. The van der Waals surface area contributed by atoms with E-state index >= 15 is 0 Å². The Morgan fingerprint density at radius 3 is 2.90 bits per heavy atom. The Balaban J connectivity index is 2.22. The third-order valence-corrected chi connectivity index (χ3v) is 3.14. The molecule has 1 aromatic heterocycles. The summed E-state index contributed by atoms with van der Waals surface area (Å²) in [6.45, 7) is -0.0581. The minimum Gasteiger partial charge on any atom is -0.480 e. The largest absolute Gasteiger partial charge is 0.480 e. The Bertz CT molecular complexity index is 684. The number of benzene rings is 1. The molecular weight excluding hydrogens is 347 g/mol. The molecule has 0 amide bonds. The van der Waals surface area contributed by atoms with Crippen LogP contribution in [0.2, 0.25) is 0 Å². The average molecular weight is 357 g/mol. The van der Waals surface area contributed by atoms with Gasteiger partial charge >= 0.3 is 5.69 Å². The summed E-state index contributed by atoms with van der Waals surface area (Å²) in [7, 11) is 0. The fourth-order valence-corrected chi connectivity index (χ4v) is 1.90. The number of nitrogens with one attached hydrogen (secondary N) is 1. The number of nitrogen functional groups attached to an aromatic ring is 1. The number of nitrogens with zero attached hydrogens (tertiary/aromatic N) is 2. The number of halogens is 2. The van der Waals surface area contributed by atoms with Gasteiger partial charge in [0.2, 0.25) is 5.75 Å². The van der Waals surface area contributed by atoms with Crippen LogP contribution < -0.4 is 16.0 Å². The monoisotopic (exact) mass is 356 g/mol. The molecule has 2 rings (SSSR count). The second-order valence-electron chi connectivity index (χ2n) is 3.94. The van der Waals surface area contributed by atoms with Crippen LogP contribution in [0.25, 0.3) is 0 Å². The van der Waals surface area contributed by atoms with Crippen molar-refractivity contribution in [1.29, 1.82) is 0 Å². The lowest BCUT2D eigenvalue weighted by molar-refractivity contribution is -0.386. The van der Waals surface area contributed by atoms with Crippen molar-refractivity contribution in [3.05, 3.63) is 56.4 Å². The third kappa shape index (κ3) is 3.64. The van der Waals surface area contributed by atoms with E-state index in [1.165, 1.54) is 0 Å². The molecule has 0 bridgehead atoms. The maximum absolute atomic E-state index is 13.5. The number of aromatic nitrogens is 1. The first kappa shape index (κ1) is 15.1. The van der Waals surface area contributed by atoms with Gasteiger partial charge in [0.15, 0.2) is 0 Å². The van der Waals surface area contributed by atoms with Crippen molar-refractivity contribution in [2.24, 2.45) is 5.84 Å². The molecule has 1 heterocycles. The van der Waals surface area contributed by atoms with Crippen LogP contribution in [0.15, 0.2) is 34.8 Å². The van der Waals surface area contributed by atoms with Gasteiger partial charge < -0.3 is 10.2 Å². The van der Waals surface area contributed by atoms with Crippen LogP contribution in [-0.4, -0.2) is 9.91 Å². The van der Waals surface area contributed by atoms with Crippen LogP contribution in [0.5, 0.6) is 5.75 Å². The number of hydrogen-bond donors (Lipinski definition) is 2. The van der Waals surface area contributed by atoms with Gasteiger partial charge in [0.25, 0.3) is 0 Å². The van der Waals surface area contributed by atoms with Crippen molar-refractivity contribution in [2.75, 3.05) is 5.43 Å². The standard InChI is InChI=1S/C12H10BrFN4O3/c13-8-4-10(18(19)20)11(5-9(8)14)21-6-7-2-1-3-12(16-7)17-15/h1-5H,6,15H2,(H,16,17). The molecule has 21 heavy (non-hydrogen) atoms. The normalized spacial score (nSPS) is 10.2. The molecule has 0 aliphatic heterocycles. The molecule has 110 valence electrons. The number of nitro groups is 1. The molecule has 0 unspecified atom stereocenters. The number of hydrazine groups is 1. The van der Waals surface area contributed by atoms with E-state index in [0.29, 0.717) is 11.5 Å². The molecule has 1 aromatic carbocycles. The van der Waals surface area contributed by atoms with Crippen LogP contribution >= 0.6 is 15.9 Å². The molecule has 2 aromatic rings. The van der Waals surface area contributed by atoms with E-state index in [2.05, 4.69) is 26.3 Å². The van der Waals surface area contributed by atoms with Crippen molar-refractivity contribution in [1.82, 2.24) is 4.98 Å². The predicted molar refractivity (Wildman–Crippen MR) is 77.1 cm³/mol. The van der Waals surface area contributed by atoms with Crippen molar-refractivity contribution in [2.45, 2.75) is 6.61 Å². The second-order valence-corrected chi connectivity index (χ2v) is 4.79. The molecule has 0 fully saturated rings. The molecule has 9 heteroatoms. The molecule has 0 atom stereocenters. The summed E-state index contributed by atoms with van der Waals surface area (Å²) in [5.74, 6) is 4.83. The number of pyridine rings is 1. The fourth-order valence-electron chi connectivity index (χ4n) is 1.57. The molecule has 0 radical (unpaired) electrons. The summed E-state index contributed by atoms with van der Waals surface area (Å²) in [4.78, 5) is 14.4. The summed E-state index contributed by atoms with van der Waals surface area (Å²) in [5.41, 5.74) is 2.52. The molecular formula is C12H10BrFN4O3. The molecule has 0 aliphatic rings. The van der Waals surface area contributed by atoms with Crippen LogP contribution in [0, 0.1) is 15.9 Å². The van der Waals surface area contributed by atoms with Crippen LogP contribution in [0.4, 0.5) is 15.9 Å². The maximum Gasteiger partial charge on any atom is 0.312 e. The summed E-state index contributed by atoms with van der Waals surface area (Å²) < 4.78 is 18.8. The summed E-state index contributed by atoms with van der Waals surface area (Å²) in [6, 6.07) is 6.99. The SMILES string of the molecule is NNc1cccc(COc2cc(F)c(Br)cc2[N+](=O)[O-])n1. The predicted octanol–water partition coefficient (Wildman–Crippen LogP) is 2.76. The quantitative estimate of drug-likeness (QED) is 0.485. The summed E-state index contributed by atoms with van der Waals surface area (Å²) >= 11 is 2.89. The summed E-state index contributed by atoms with van der Waals surface area (Å²) in [6.07, 6.45) is 0. The van der Waals surface area contributed by atoms with Gasteiger partial charge in [-0.25, -0.2) is 15.2 Å². The number of anilines is 1. The highest BCUT2D eigenvalue weighted by molar-refractivity contribution is 9.10. The smallest absolute Gasteiger partial charge is 0.312 e. The van der Waals surface area contributed by atoms with Crippen molar-refractivity contribution in [3.8, 4) is 5.75 Å². The van der Waals surface area contributed by atoms with Crippen molar-refractivity contribution in [3.63, 3.8) is 0 Å². The molecule has 3 N–H and O–H groups in total. The lowest BCUT2D eigenvalue weighted by Gasteiger charge is -2.08. The molecule has 0 saturated carbocycles. The van der Waals surface area contributed by atoms with Gasteiger partial charge in [0.05, 0.1) is 15.1 Å². The van der Waals surface area contributed by atoms with Gasteiger partial charge in [-0.05, 0) is 28.1 Å². The fraction of sp³-hybridized carbons (Fsp3) is 0.0833. The van der Waals surface area contributed by atoms with Gasteiger partial charge in [-0.2, -0.15) is 0 Å². The Kier molecular flexibility index (Phi) is 4.66. The Labute approximate surface area is 127 Å². The molecule has 0 aliphatic carbocycles. The lowest BCUT2D eigenvalue weighted by Crippen LogP contribution is -2.10. The minimum atomic E-state index is -0.652. The van der Waals surface area contributed by atoms with Gasteiger partial charge in [-0.1, -0.05) is 6.07 Å². The second kappa shape index (κ2) is 6.46. The number of nitrogens with two attached hydrogens (primary N) is 1. The zero-order chi connectivity index (χ0) is 15.4. The number of ether oxygens (including phenoxy) is 1. The maximum atomic E-state index is 13.5. The highest BCUT2D eigenvalue weighted by atomic mass is 79.9. The van der Waals surface area contributed by atoms with Gasteiger partial charge in [0, 0.05) is 12.1 Å². The van der Waals surface area contributed by atoms with Gasteiger partial charge in [0.1, 0.15) is 18.2 Å². The first-order valence-electron chi connectivity index (χ1n) is 5.70. The third-order valence-electron chi connectivity index (χ3n) is 2.53. The first-order valence-corrected chi connectivity index (χ1v) is 6.49. The van der Waals surface area contributed by atoms with E-state index in [-0.39, 0.29) is 22.5 Å². The van der Waals surface area contributed by atoms with E-state index < -0.39 is 10.7 Å². The van der Waals surface area contributed by atoms with Crippen LogP contribution in [0.1, 0.15) is 5.69 Å². The molecule has 0 saturated heterocycles. The zero-order valence-corrected chi connectivity index (χ0v) is 12.1. The average Bonchev–Trinajstić information content (AvgIpc) is 2.48. The van der Waals surface area contributed by atoms with Crippen LogP contribution in [0.3, 0.4) is 0 Å². The molecule has 7 nitrogen and oxygen atoms in total. The number of rotatable bonds is 5. The summed E-state index contributed by atoms with van der Waals surface area (Å²) in [5, 5.41) is 10.9.